The molecule has 0 spiro atoms. The Bertz CT molecular complexity index is 2520. The number of aliphatic hydroxyl groups is 2. The molecule has 2 unspecified atom stereocenters. The van der Waals surface area contributed by atoms with Gasteiger partial charge >= 0.3 is 12.9 Å². The lowest BCUT2D eigenvalue weighted by Gasteiger charge is -2.60. The average molecular weight is 1010 g/mol. The molecule has 18 heteroatoms. The van der Waals surface area contributed by atoms with Crippen LogP contribution in [0.2, 0.25) is 0 Å². The number of imide groups is 1. The topological polar surface area (TPSA) is 177 Å². The number of carbonyl (C=O) groups excluding carboxylic acids is 5. The van der Waals surface area contributed by atoms with Crippen LogP contribution in [-0.4, -0.2) is 103 Å². The molecule has 2 N–H and O–H groups in total. The predicted octanol–water partition coefficient (Wildman–Crippen LogP) is 5.83. The molecule has 2 aromatic rings. The van der Waals surface area contributed by atoms with Crippen molar-refractivity contribution >= 4 is 70.7 Å². The van der Waals surface area contributed by atoms with Crippen molar-refractivity contribution in [1.82, 2.24) is 24.4 Å². The van der Waals surface area contributed by atoms with Crippen molar-refractivity contribution < 1.29 is 52.0 Å². The highest BCUT2D eigenvalue weighted by Crippen LogP contribution is 2.71. The summed E-state index contributed by atoms with van der Waals surface area (Å²) in [5, 5.41) is 32.4. The van der Waals surface area contributed by atoms with Gasteiger partial charge in [0.25, 0.3) is 0 Å². The van der Waals surface area contributed by atoms with Gasteiger partial charge in [-0.3, -0.25) is 33.6 Å². The van der Waals surface area contributed by atoms with Gasteiger partial charge in [0.05, 0.1) is 29.0 Å². The van der Waals surface area contributed by atoms with Gasteiger partial charge in [-0.15, -0.1) is 5.10 Å². The van der Waals surface area contributed by atoms with Crippen LogP contribution in [0.4, 0.5) is 8.63 Å². The minimum Gasteiger partial charge on any atom is -0.461 e. The molecule has 14 nitrogen and oxygen atoms in total. The second-order valence-corrected chi connectivity index (χ2v) is 20.9. The average Bonchev–Trinajstić information content (AvgIpc) is 4.07. The molecule has 5 heterocycles. The highest BCUT2D eigenvalue weighted by molar-refractivity contribution is 14.1. The molecule has 3 aliphatic heterocycles. The summed E-state index contributed by atoms with van der Waals surface area (Å²) < 4.78 is 41.6. The normalized spacial score (nSPS) is 34.5. The Morgan fingerprint density at radius 3 is 2.58 bits per heavy atom. The number of aryl methyl sites for hydroxylation is 3. The van der Waals surface area contributed by atoms with Crippen LogP contribution in [0.3, 0.4) is 0 Å². The molecule has 2 aromatic heterocycles. The summed E-state index contributed by atoms with van der Waals surface area (Å²) in [5.74, 6) is -3.57. The number of aliphatic hydroxyl groups excluding tert-OH is 1. The van der Waals surface area contributed by atoms with E-state index < -0.39 is 59.2 Å². The first kappa shape index (κ1) is 46.0. The molecular weight excluding hydrogens is 952 g/mol. The number of amides is 2. The number of unbranched alkanes of at least 4 members (excludes halogenated alkanes) is 1. The largest absolute Gasteiger partial charge is 0.737 e. The molecular formula is C47H58BF2IN6O8. The molecule has 2 bridgehead atoms. The SMILES string of the molecule is Cc1cc(C)n2c1C=C1C=CC(CCC(=O)CCCCn3cc(CN4C(=O)C5CC=C([C@@H]6C[C@@H](OC(=O)CI)[C@]7(C)[C@H](C)CC[C@]8(C[C@H](O)C(=O)[C@]87O)[C@H]6C)CC5C4=O)nn3)=[N+]1[B-]2(F)F. The van der Waals surface area contributed by atoms with Crippen molar-refractivity contribution in [2.24, 2.45) is 40.4 Å². The lowest BCUT2D eigenvalue weighted by Crippen LogP contribution is -2.69. The fourth-order valence-electron chi connectivity index (χ4n) is 13.5. The Morgan fingerprint density at radius 1 is 1.08 bits per heavy atom. The molecule has 0 radical (unpaired) electrons. The number of alkyl halides is 1. The quantitative estimate of drug-likeness (QED) is 0.0473. The Balaban J connectivity index is 0.808. The third kappa shape index (κ3) is 6.94. The van der Waals surface area contributed by atoms with Gasteiger partial charge in [-0.25, -0.2) is 0 Å². The summed E-state index contributed by atoms with van der Waals surface area (Å²) in [7, 11) is 0. The zero-order valence-electron chi connectivity index (χ0n) is 37.6. The van der Waals surface area contributed by atoms with Gasteiger partial charge in [-0.2, -0.15) is 0 Å². The Labute approximate surface area is 390 Å². The van der Waals surface area contributed by atoms with E-state index in [1.807, 2.05) is 56.4 Å². The van der Waals surface area contributed by atoms with Crippen molar-refractivity contribution in [1.29, 1.82) is 0 Å². The maximum Gasteiger partial charge on any atom is 0.737 e. The molecule has 4 fully saturated rings. The monoisotopic (exact) mass is 1010 g/mol. The zero-order valence-corrected chi connectivity index (χ0v) is 39.8. The molecule has 3 saturated carbocycles. The van der Waals surface area contributed by atoms with Gasteiger partial charge in [-0.05, 0) is 100 Å². The number of hydrogen-bond donors (Lipinski definition) is 2. The summed E-state index contributed by atoms with van der Waals surface area (Å²) in [6.07, 6.45) is 10.9. The van der Waals surface area contributed by atoms with Crippen molar-refractivity contribution in [3.8, 4) is 0 Å². The summed E-state index contributed by atoms with van der Waals surface area (Å²) >= 11 is 1.94. The van der Waals surface area contributed by atoms with Crippen molar-refractivity contribution in [3.63, 3.8) is 0 Å². The minimum atomic E-state index is -4.08. The van der Waals surface area contributed by atoms with E-state index in [-0.39, 0.29) is 65.6 Å². The van der Waals surface area contributed by atoms with E-state index in [4.69, 9.17) is 4.74 Å². The van der Waals surface area contributed by atoms with Gasteiger partial charge in [0.15, 0.2) is 11.5 Å². The third-order valence-electron chi connectivity index (χ3n) is 17.0. The van der Waals surface area contributed by atoms with Crippen molar-refractivity contribution in [2.45, 2.75) is 136 Å². The van der Waals surface area contributed by atoms with Gasteiger partial charge < -0.3 is 32.5 Å². The number of aromatic nitrogens is 4. The number of hydrogen-bond acceptors (Lipinski definition) is 10. The maximum absolute atomic E-state index is 15.8. The Kier molecular flexibility index (Phi) is 11.7. The standard InChI is InChI=1S/C47H58BF2IN6O8/c1-26-18-28(3)56-38(26)20-33-11-10-32(57(33)48(56,49)50)12-13-34(58)8-6-7-17-54-24-31(52-53-54)25-55-43(62)35-14-9-30(19-37(35)44(55)63)36-21-40(65-41(60)23-51)45(5)27(2)15-16-46(29(36)4)22-39(59)42(61)47(45,46)64/h9-11,18,20,24,27,29,35-37,39-40,59,64H,6-8,12-17,19,21-23,25H2,1-5H3/t27-,29+,35?,36-,37?,39+,40-,45+,46+,47-/m1/s1. The van der Waals surface area contributed by atoms with Crippen LogP contribution in [0.25, 0.3) is 6.08 Å². The first-order chi connectivity index (χ1) is 30.8. The van der Waals surface area contributed by atoms with Gasteiger partial charge in [0.2, 0.25) is 11.8 Å². The van der Waals surface area contributed by atoms with E-state index in [0.29, 0.717) is 86.4 Å². The highest BCUT2D eigenvalue weighted by atomic mass is 127. The number of allylic oxidation sites excluding steroid dienone is 4. The molecule has 9 rings (SSSR count). The summed E-state index contributed by atoms with van der Waals surface area (Å²) in [6, 6.07) is 1.76. The van der Waals surface area contributed by atoms with E-state index in [0.717, 1.165) is 20.1 Å². The molecule has 7 aliphatic rings. The van der Waals surface area contributed by atoms with Crippen molar-refractivity contribution in [3.05, 3.63) is 64.4 Å². The molecule has 348 valence electrons. The zero-order chi connectivity index (χ0) is 46.5. The number of carbonyl (C=O) groups is 5. The van der Waals surface area contributed by atoms with Crippen LogP contribution >= 0.6 is 22.6 Å². The molecule has 2 amide bonds. The number of halogens is 3. The van der Waals surface area contributed by atoms with Crippen LogP contribution < -0.4 is 0 Å². The van der Waals surface area contributed by atoms with E-state index in [1.165, 1.54) is 4.90 Å². The minimum absolute atomic E-state index is 0.0116. The van der Waals surface area contributed by atoms with Crippen LogP contribution in [0.1, 0.15) is 114 Å². The molecule has 4 aliphatic carbocycles. The smallest absolute Gasteiger partial charge is 0.461 e. The van der Waals surface area contributed by atoms with Crippen LogP contribution in [0, 0.1) is 54.3 Å². The summed E-state index contributed by atoms with van der Waals surface area (Å²) in [4.78, 5) is 69.0. The molecule has 10 atom stereocenters. The van der Waals surface area contributed by atoms with E-state index in [9.17, 15) is 34.2 Å². The van der Waals surface area contributed by atoms with Crippen molar-refractivity contribution in [2.75, 3.05) is 4.43 Å². The molecule has 1 saturated heterocycles. The lowest BCUT2D eigenvalue weighted by molar-refractivity contribution is -0.362. The number of esters is 1. The predicted molar refractivity (Wildman–Crippen MR) is 243 cm³/mol. The lowest BCUT2D eigenvalue weighted by atomic mass is 9.46. The van der Waals surface area contributed by atoms with Crippen LogP contribution in [0.15, 0.2) is 41.8 Å². The number of fused-ring (bicyclic) bond motifs is 3. The van der Waals surface area contributed by atoms with Crippen LogP contribution in [0.5, 0.6) is 0 Å². The fraction of sp³-hybridized carbons (Fsp3) is 0.617. The number of nitrogens with zero attached hydrogens (tertiary/aromatic N) is 6. The summed E-state index contributed by atoms with van der Waals surface area (Å²) in [6.45, 7) is 5.68. The fourth-order valence-corrected chi connectivity index (χ4v) is 13.6. The number of rotatable bonds is 13. The van der Waals surface area contributed by atoms with Gasteiger partial charge in [0.1, 0.15) is 35.0 Å². The van der Waals surface area contributed by atoms with Gasteiger partial charge in [0, 0.05) is 60.6 Å². The number of Topliss-reactive ketones (excluding diaryl/α,β-unsaturated/α-hetero) is 2. The Morgan fingerprint density at radius 2 is 1.83 bits per heavy atom. The number of ketones is 2. The second-order valence-electron chi connectivity index (χ2n) is 20.2. The highest BCUT2D eigenvalue weighted by Gasteiger charge is 2.78. The van der Waals surface area contributed by atoms with Crippen LogP contribution in [-0.2, 0) is 41.8 Å². The van der Waals surface area contributed by atoms with Gasteiger partial charge in [-0.1, -0.05) is 60.2 Å². The van der Waals surface area contributed by atoms with E-state index in [1.54, 1.807) is 42.1 Å². The second kappa shape index (κ2) is 16.6. The molecule has 65 heavy (non-hydrogen) atoms. The first-order valence-corrected chi connectivity index (χ1v) is 24.7. The maximum atomic E-state index is 15.8. The Hall–Kier alpha value is -4.17. The van der Waals surface area contributed by atoms with E-state index >= 15 is 8.63 Å². The summed E-state index contributed by atoms with van der Waals surface area (Å²) in [5.41, 5.74) is 0.0138. The first-order valence-electron chi connectivity index (χ1n) is 23.2. The third-order valence-corrected chi connectivity index (χ3v) is 17.7. The number of ether oxygens (including phenoxy) is 1. The molecule has 0 aromatic carbocycles. The van der Waals surface area contributed by atoms with E-state index in [2.05, 4.69) is 10.3 Å². The number of likely N-dealkylation sites (tertiary alicyclic amines) is 1.